The van der Waals surface area contributed by atoms with Gasteiger partial charge in [0.15, 0.2) is 0 Å². The molecule has 3 N–H and O–H groups in total. The summed E-state index contributed by atoms with van der Waals surface area (Å²) in [5, 5.41) is 16.5. The summed E-state index contributed by atoms with van der Waals surface area (Å²) < 4.78 is 0. The molecule has 2 fully saturated rings. The Morgan fingerprint density at radius 2 is 2.00 bits per heavy atom. The second-order valence-electron chi connectivity index (χ2n) is 6.21. The van der Waals surface area contributed by atoms with Crippen LogP contribution in [-0.4, -0.2) is 36.2 Å². The van der Waals surface area contributed by atoms with Gasteiger partial charge in [0.2, 0.25) is 5.91 Å². The number of piperidine rings is 1. The summed E-state index contributed by atoms with van der Waals surface area (Å²) in [7, 11) is 0. The van der Waals surface area contributed by atoms with Gasteiger partial charge < -0.3 is 15.7 Å². The van der Waals surface area contributed by atoms with E-state index in [2.05, 4.69) is 17.6 Å². The Bertz CT molecular complexity index is 295. The van der Waals surface area contributed by atoms with E-state index in [4.69, 9.17) is 0 Å². The average Bonchev–Trinajstić information content (AvgIpc) is 2.42. The van der Waals surface area contributed by atoms with Crippen LogP contribution in [0.25, 0.3) is 0 Å². The van der Waals surface area contributed by atoms with E-state index in [-0.39, 0.29) is 23.5 Å². The van der Waals surface area contributed by atoms with Crippen LogP contribution in [0.5, 0.6) is 0 Å². The SMILES string of the molecule is CCCC1(C(=O)NC2CCCCC2O)CCNCC1. The van der Waals surface area contributed by atoms with E-state index in [0.29, 0.717) is 0 Å². The second kappa shape index (κ2) is 6.71. The summed E-state index contributed by atoms with van der Waals surface area (Å²) in [4.78, 5) is 12.7. The zero-order valence-electron chi connectivity index (χ0n) is 12.1. The van der Waals surface area contributed by atoms with Gasteiger partial charge in [-0.1, -0.05) is 26.2 Å². The number of rotatable bonds is 4. The molecule has 1 heterocycles. The Labute approximate surface area is 116 Å². The summed E-state index contributed by atoms with van der Waals surface area (Å²) >= 11 is 0. The smallest absolute Gasteiger partial charge is 0.226 e. The minimum Gasteiger partial charge on any atom is -0.391 e. The third kappa shape index (κ3) is 3.48. The molecule has 0 aromatic rings. The molecule has 4 heteroatoms. The summed E-state index contributed by atoms with van der Waals surface area (Å²) in [6.07, 6.45) is 7.45. The van der Waals surface area contributed by atoms with Gasteiger partial charge >= 0.3 is 0 Å². The standard InChI is InChI=1S/C15H28N2O2/c1-2-7-15(8-10-16-11-9-15)14(19)17-12-5-3-4-6-13(12)18/h12-13,16,18H,2-11H2,1H3,(H,17,19). The molecule has 0 aromatic heterocycles. The highest BCUT2D eigenvalue weighted by Crippen LogP contribution is 2.35. The van der Waals surface area contributed by atoms with Crippen LogP contribution in [0.15, 0.2) is 0 Å². The summed E-state index contributed by atoms with van der Waals surface area (Å²) in [5.74, 6) is 0.182. The first-order valence-electron chi connectivity index (χ1n) is 7.88. The fourth-order valence-corrected chi connectivity index (χ4v) is 3.58. The monoisotopic (exact) mass is 268 g/mol. The van der Waals surface area contributed by atoms with Crippen LogP contribution in [0.3, 0.4) is 0 Å². The van der Waals surface area contributed by atoms with Gasteiger partial charge in [0.25, 0.3) is 0 Å². The molecule has 2 atom stereocenters. The fourth-order valence-electron chi connectivity index (χ4n) is 3.58. The Balaban J connectivity index is 1.98. The quantitative estimate of drug-likeness (QED) is 0.725. The zero-order chi connectivity index (χ0) is 13.7. The van der Waals surface area contributed by atoms with E-state index in [9.17, 15) is 9.90 Å². The van der Waals surface area contributed by atoms with Gasteiger partial charge in [0.05, 0.1) is 17.6 Å². The van der Waals surface area contributed by atoms with Crippen molar-refractivity contribution in [2.24, 2.45) is 5.41 Å². The molecule has 4 nitrogen and oxygen atoms in total. The van der Waals surface area contributed by atoms with Crippen molar-refractivity contribution in [3.63, 3.8) is 0 Å². The maximum Gasteiger partial charge on any atom is 0.226 e. The Morgan fingerprint density at radius 1 is 1.32 bits per heavy atom. The molecular weight excluding hydrogens is 240 g/mol. The predicted octanol–water partition coefficient (Wildman–Crippen LogP) is 1.58. The molecular formula is C15H28N2O2. The van der Waals surface area contributed by atoms with E-state index < -0.39 is 0 Å². The minimum absolute atomic E-state index is 0.0233. The number of nitrogens with one attached hydrogen (secondary N) is 2. The van der Waals surface area contributed by atoms with E-state index >= 15 is 0 Å². The van der Waals surface area contributed by atoms with Crippen LogP contribution in [0.2, 0.25) is 0 Å². The summed E-state index contributed by atoms with van der Waals surface area (Å²) in [6.45, 7) is 4.01. The van der Waals surface area contributed by atoms with Gasteiger partial charge in [-0.25, -0.2) is 0 Å². The maximum absolute atomic E-state index is 12.7. The van der Waals surface area contributed by atoms with Crippen molar-refractivity contribution in [3.8, 4) is 0 Å². The molecule has 0 aromatic carbocycles. The molecule has 0 bridgehead atoms. The topological polar surface area (TPSA) is 61.4 Å². The van der Waals surface area contributed by atoms with E-state index in [0.717, 1.165) is 64.5 Å². The molecule has 1 aliphatic heterocycles. The number of hydrogen-bond donors (Lipinski definition) is 3. The Hall–Kier alpha value is -0.610. The number of amides is 1. The maximum atomic E-state index is 12.7. The third-order valence-corrected chi connectivity index (χ3v) is 4.82. The lowest BCUT2D eigenvalue weighted by molar-refractivity contribution is -0.135. The third-order valence-electron chi connectivity index (χ3n) is 4.82. The van der Waals surface area contributed by atoms with Crippen LogP contribution < -0.4 is 10.6 Å². The van der Waals surface area contributed by atoms with Crippen LogP contribution in [-0.2, 0) is 4.79 Å². The lowest BCUT2D eigenvalue weighted by Gasteiger charge is -2.38. The van der Waals surface area contributed by atoms with Gasteiger partial charge in [-0.15, -0.1) is 0 Å². The number of hydrogen-bond acceptors (Lipinski definition) is 3. The molecule has 1 amide bonds. The second-order valence-corrected chi connectivity index (χ2v) is 6.21. The zero-order valence-corrected chi connectivity index (χ0v) is 12.1. The van der Waals surface area contributed by atoms with Crippen molar-refractivity contribution >= 4 is 5.91 Å². The van der Waals surface area contributed by atoms with Gasteiger partial charge in [0, 0.05) is 0 Å². The molecule has 1 saturated heterocycles. The first-order valence-corrected chi connectivity index (χ1v) is 7.88. The first-order chi connectivity index (χ1) is 9.18. The van der Waals surface area contributed by atoms with Crippen molar-refractivity contribution in [2.45, 2.75) is 70.4 Å². The highest BCUT2D eigenvalue weighted by molar-refractivity contribution is 5.83. The molecule has 1 aliphatic carbocycles. The van der Waals surface area contributed by atoms with E-state index in [1.165, 1.54) is 0 Å². The van der Waals surface area contributed by atoms with Crippen molar-refractivity contribution in [3.05, 3.63) is 0 Å². The minimum atomic E-state index is -0.349. The normalized spacial score (nSPS) is 30.8. The number of carbonyl (C=O) groups excluding carboxylic acids is 1. The van der Waals surface area contributed by atoms with Crippen molar-refractivity contribution < 1.29 is 9.90 Å². The number of aliphatic hydroxyl groups excluding tert-OH is 1. The van der Waals surface area contributed by atoms with Crippen LogP contribution in [0.4, 0.5) is 0 Å². The van der Waals surface area contributed by atoms with Crippen molar-refractivity contribution in [1.29, 1.82) is 0 Å². The average molecular weight is 268 g/mol. The van der Waals surface area contributed by atoms with Crippen LogP contribution in [0, 0.1) is 5.41 Å². The van der Waals surface area contributed by atoms with E-state index in [1.807, 2.05) is 0 Å². The summed E-state index contributed by atoms with van der Waals surface area (Å²) in [5.41, 5.74) is -0.197. The molecule has 2 rings (SSSR count). The molecule has 0 spiro atoms. The molecule has 110 valence electrons. The van der Waals surface area contributed by atoms with Gasteiger partial charge in [0.1, 0.15) is 0 Å². The molecule has 0 radical (unpaired) electrons. The molecule has 2 aliphatic rings. The fraction of sp³-hybridized carbons (Fsp3) is 0.933. The predicted molar refractivity (Wildman–Crippen MR) is 75.9 cm³/mol. The van der Waals surface area contributed by atoms with Gasteiger partial charge in [-0.05, 0) is 45.2 Å². The number of aliphatic hydroxyl groups is 1. The highest BCUT2D eigenvalue weighted by Gasteiger charge is 2.40. The lowest BCUT2D eigenvalue weighted by atomic mass is 9.74. The molecule has 1 saturated carbocycles. The Morgan fingerprint density at radius 3 is 2.63 bits per heavy atom. The molecule has 2 unspecified atom stereocenters. The lowest BCUT2D eigenvalue weighted by Crippen LogP contribution is -2.53. The highest BCUT2D eigenvalue weighted by atomic mass is 16.3. The first kappa shape index (κ1) is 14.8. The number of carbonyl (C=O) groups is 1. The van der Waals surface area contributed by atoms with Crippen LogP contribution >= 0.6 is 0 Å². The van der Waals surface area contributed by atoms with Gasteiger partial charge in [-0.3, -0.25) is 4.79 Å². The Kier molecular flexibility index (Phi) is 5.22. The largest absolute Gasteiger partial charge is 0.391 e. The van der Waals surface area contributed by atoms with E-state index in [1.54, 1.807) is 0 Å². The molecule has 19 heavy (non-hydrogen) atoms. The van der Waals surface area contributed by atoms with Crippen LogP contribution in [0.1, 0.15) is 58.3 Å². The van der Waals surface area contributed by atoms with Crippen molar-refractivity contribution in [1.82, 2.24) is 10.6 Å². The van der Waals surface area contributed by atoms with Gasteiger partial charge in [-0.2, -0.15) is 0 Å². The summed E-state index contributed by atoms with van der Waals surface area (Å²) in [6, 6.07) is -0.0233. The van der Waals surface area contributed by atoms with Crippen molar-refractivity contribution in [2.75, 3.05) is 13.1 Å².